The van der Waals surface area contributed by atoms with E-state index >= 15 is 0 Å². The van der Waals surface area contributed by atoms with E-state index in [0.29, 0.717) is 18.0 Å². The van der Waals surface area contributed by atoms with Crippen molar-refractivity contribution in [2.75, 3.05) is 11.9 Å². The van der Waals surface area contributed by atoms with Crippen LogP contribution < -0.4 is 5.32 Å². The highest BCUT2D eigenvalue weighted by molar-refractivity contribution is 9.10. The lowest BCUT2D eigenvalue weighted by Gasteiger charge is -2.07. The van der Waals surface area contributed by atoms with Gasteiger partial charge >= 0.3 is 6.18 Å². The molecule has 1 amide bonds. The molecule has 1 aliphatic rings. The van der Waals surface area contributed by atoms with Crippen LogP contribution in [0.4, 0.5) is 18.9 Å². The largest absolute Gasteiger partial charge is 0.436 e. The Hall–Kier alpha value is -1.88. The number of nitrogens with zero attached hydrogens (tertiary/aromatic N) is 4. The second-order valence-electron chi connectivity index (χ2n) is 5.92. The molecule has 0 bridgehead atoms. The van der Waals surface area contributed by atoms with Crippen LogP contribution in [0.5, 0.6) is 0 Å². The van der Waals surface area contributed by atoms with Crippen molar-refractivity contribution in [1.29, 1.82) is 0 Å². The molecular formula is C15H17BrF3N5O2. The molecule has 26 heavy (non-hydrogen) atoms. The van der Waals surface area contributed by atoms with Gasteiger partial charge in [-0.2, -0.15) is 23.4 Å². The van der Waals surface area contributed by atoms with Crippen molar-refractivity contribution in [2.45, 2.75) is 45.1 Å². The van der Waals surface area contributed by atoms with Gasteiger partial charge in [0.2, 0.25) is 5.91 Å². The molecule has 0 aliphatic heterocycles. The van der Waals surface area contributed by atoms with Crippen molar-refractivity contribution in [3.8, 4) is 0 Å². The first-order chi connectivity index (χ1) is 12.3. The third-order valence-corrected chi connectivity index (χ3v) is 4.58. The van der Waals surface area contributed by atoms with Crippen LogP contribution in [0.3, 0.4) is 0 Å². The maximum Gasteiger partial charge on any atom is 0.436 e. The molecule has 1 N–H and O–H groups in total. The van der Waals surface area contributed by atoms with Crippen LogP contribution in [0.2, 0.25) is 0 Å². The van der Waals surface area contributed by atoms with Crippen molar-refractivity contribution in [2.24, 2.45) is 0 Å². The maximum atomic E-state index is 13.1. The Morgan fingerprint density at radius 2 is 2.19 bits per heavy atom. The summed E-state index contributed by atoms with van der Waals surface area (Å²) in [5.41, 5.74) is -0.152. The van der Waals surface area contributed by atoms with Crippen LogP contribution in [-0.4, -0.2) is 32.1 Å². The number of hydrogen-bond donors (Lipinski definition) is 1. The Balaban J connectivity index is 1.72. The molecule has 1 fully saturated rings. The van der Waals surface area contributed by atoms with E-state index in [2.05, 4.69) is 31.4 Å². The second-order valence-corrected chi connectivity index (χ2v) is 6.71. The van der Waals surface area contributed by atoms with Crippen LogP contribution in [0.1, 0.15) is 37.1 Å². The predicted octanol–water partition coefficient (Wildman–Crippen LogP) is 3.37. The van der Waals surface area contributed by atoms with E-state index in [0.717, 1.165) is 17.5 Å². The van der Waals surface area contributed by atoms with Crippen LogP contribution in [0.25, 0.3) is 0 Å². The number of rotatable bonds is 7. The Labute approximate surface area is 155 Å². The van der Waals surface area contributed by atoms with Crippen molar-refractivity contribution in [3.63, 3.8) is 0 Å². The summed E-state index contributed by atoms with van der Waals surface area (Å²) in [7, 11) is 0. The molecule has 2 aromatic heterocycles. The van der Waals surface area contributed by atoms with E-state index in [1.807, 2.05) is 6.92 Å². The number of ether oxygens (including phenoxy) is 1. The van der Waals surface area contributed by atoms with Gasteiger partial charge in [0, 0.05) is 12.5 Å². The molecule has 0 saturated heterocycles. The number of amides is 1. The van der Waals surface area contributed by atoms with E-state index in [1.54, 1.807) is 6.20 Å². The predicted molar refractivity (Wildman–Crippen MR) is 89.4 cm³/mol. The van der Waals surface area contributed by atoms with Crippen LogP contribution >= 0.6 is 15.9 Å². The molecule has 142 valence electrons. The Bertz CT molecular complexity index is 798. The minimum absolute atomic E-state index is 0.00489. The number of alkyl halides is 3. The second kappa shape index (κ2) is 7.39. The van der Waals surface area contributed by atoms with Gasteiger partial charge in [0.15, 0.2) is 5.69 Å². The third-order valence-electron chi connectivity index (χ3n) is 3.80. The molecule has 0 spiro atoms. The van der Waals surface area contributed by atoms with Crippen LogP contribution in [-0.2, 0) is 29.0 Å². The fraction of sp³-hybridized carbons (Fsp3) is 0.533. The number of nitrogens with one attached hydrogen (secondary N) is 1. The molecule has 2 aromatic rings. The maximum absolute atomic E-state index is 13.1. The first kappa shape index (κ1) is 18.9. The number of carbonyl (C=O) groups is 1. The SMILES string of the molecule is CCOCn1cc(NC(=O)Cn2nc(C(F)(F)F)c(Br)c2C2CC2)cn1. The molecule has 1 saturated carbocycles. The standard InChI is InChI=1S/C15H17BrF3N5O2/c1-2-26-8-23-6-10(5-20-23)21-11(25)7-24-13(9-3-4-9)12(16)14(22-24)15(17,18)19/h5-6,9H,2-4,7-8H2,1H3,(H,21,25). The molecule has 11 heteroatoms. The van der Waals surface area contributed by atoms with E-state index < -0.39 is 17.8 Å². The lowest BCUT2D eigenvalue weighted by atomic mass is 10.2. The molecular weight excluding hydrogens is 419 g/mol. The van der Waals surface area contributed by atoms with E-state index in [-0.39, 0.29) is 23.7 Å². The summed E-state index contributed by atoms with van der Waals surface area (Å²) in [4.78, 5) is 12.2. The number of carbonyl (C=O) groups excluding carboxylic acids is 1. The van der Waals surface area contributed by atoms with Gasteiger partial charge in [-0.25, -0.2) is 4.68 Å². The molecule has 0 aromatic carbocycles. The van der Waals surface area contributed by atoms with Gasteiger partial charge in [-0.3, -0.25) is 9.48 Å². The molecule has 2 heterocycles. The summed E-state index contributed by atoms with van der Waals surface area (Å²) in [5.74, 6) is -0.485. The zero-order valence-corrected chi connectivity index (χ0v) is 15.5. The van der Waals surface area contributed by atoms with Crippen molar-refractivity contribution >= 4 is 27.5 Å². The normalized spacial score (nSPS) is 14.7. The highest BCUT2D eigenvalue weighted by Gasteiger charge is 2.41. The number of aromatic nitrogens is 4. The molecule has 0 radical (unpaired) electrons. The Morgan fingerprint density at radius 1 is 1.46 bits per heavy atom. The highest BCUT2D eigenvalue weighted by Crippen LogP contribution is 2.46. The summed E-state index contributed by atoms with van der Waals surface area (Å²) in [6.45, 7) is 2.32. The number of hydrogen-bond acceptors (Lipinski definition) is 4. The summed E-state index contributed by atoms with van der Waals surface area (Å²) in [6, 6.07) is 0. The third kappa shape index (κ3) is 4.26. The lowest BCUT2D eigenvalue weighted by molar-refractivity contribution is -0.142. The van der Waals surface area contributed by atoms with E-state index in [9.17, 15) is 18.0 Å². The fourth-order valence-electron chi connectivity index (χ4n) is 2.52. The topological polar surface area (TPSA) is 74.0 Å². The monoisotopic (exact) mass is 435 g/mol. The average Bonchev–Trinajstić information content (AvgIpc) is 3.19. The van der Waals surface area contributed by atoms with E-state index in [1.165, 1.54) is 10.9 Å². The smallest absolute Gasteiger partial charge is 0.360 e. The average molecular weight is 436 g/mol. The molecule has 0 atom stereocenters. The minimum atomic E-state index is -4.58. The van der Waals surface area contributed by atoms with Gasteiger partial charge in [0.25, 0.3) is 0 Å². The molecule has 7 nitrogen and oxygen atoms in total. The van der Waals surface area contributed by atoms with Crippen LogP contribution in [0, 0.1) is 0 Å². The van der Waals surface area contributed by atoms with Gasteiger partial charge in [0.05, 0.1) is 28.2 Å². The Kier molecular flexibility index (Phi) is 5.37. The summed E-state index contributed by atoms with van der Waals surface area (Å²) >= 11 is 3.00. The lowest BCUT2D eigenvalue weighted by Crippen LogP contribution is -2.21. The van der Waals surface area contributed by atoms with Gasteiger partial charge in [-0.15, -0.1) is 0 Å². The van der Waals surface area contributed by atoms with Crippen LogP contribution in [0.15, 0.2) is 16.9 Å². The number of halogens is 4. The quantitative estimate of drug-likeness (QED) is 0.723. The van der Waals surface area contributed by atoms with Gasteiger partial charge in [-0.1, -0.05) is 0 Å². The zero-order valence-electron chi connectivity index (χ0n) is 13.9. The summed E-state index contributed by atoms with van der Waals surface area (Å²) in [6.07, 6.45) is 0.0137. The van der Waals surface area contributed by atoms with Gasteiger partial charge in [-0.05, 0) is 35.7 Å². The molecule has 1 aliphatic carbocycles. The van der Waals surface area contributed by atoms with Crippen molar-refractivity contribution < 1.29 is 22.7 Å². The Morgan fingerprint density at radius 3 is 2.81 bits per heavy atom. The van der Waals surface area contributed by atoms with E-state index in [4.69, 9.17) is 4.74 Å². The number of anilines is 1. The van der Waals surface area contributed by atoms with Crippen molar-refractivity contribution in [3.05, 3.63) is 28.3 Å². The summed E-state index contributed by atoms with van der Waals surface area (Å²) in [5, 5.41) is 10.2. The summed E-state index contributed by atoms with van der Waals surface area (Å²) < 4.78 is 47.0. The van der Waals surface area contributed by atoms with Gasteiger partial charge < -0.3 is 10.1 Å². The van der Waals surface area contributed by atoms with Gasteiger partial charge in [0.1, 0.15) is 13.3 Å². The van der Waals surface area contributed by atoms with Crippen molar-refractivity contribution in [1.82, 2.24) is 19.6 Å². The molecule has 3 rings (SSSR count). The zero-order chi connectivity index (χ0) is 18.9. The first-order valence-corrected chi connectivity index (χ1v) is 8.82. The fourth-order valence-corrected chi connectivity index (χ4v) is 3.35. The first-order valence-electron chi connectivity index (χ1n) is 8.03. The highest BCUT2D eigenvalue weighted by atomic mass is 79.9. The molecule has 0 unspecified atom stereocenters. The minimum Gasteiger partial charge on any atom is -0.360 e.